The van der Waals surface area contributed by atoms with Crippen molar-refractivity contribution in [2.24, 2.45) is 10.8 Å². The molecule has 1 fully saturated rings. The molecule has 0 aromatic heterocycles. The highest BCUT2D eigenvalue weighted by atomic mass is 16.5. The molecule has 0 spiro atoms. The van der Waals surface area contributed by atoms with Crippen molar-refractivity contribution in [3.8, 4) is 0 Å². The third-order valence-electron chi connectivity index (χ3n) is 13.6. The van der Waals surface area contributed by atoms with E-state index in [0.29, 0.717) is 6.61 Å². The number of unbranched alkanes of at least 4 members (excludes halogenated alkanes) is 23. The number of ether oxygens (including phenoxy) is 2. The van der Waals surface area contributed by atoms with Crippen LogP contribution >= 0.6 is 0 Å². The van der Waals surface area contributed by atoms with Crippen LogP contribution < -0.4 is 0 Å². The van der Waals surface area contributed by atoms with E-state index in [2.05, 4.69) is 39.5 Å². The second-order valence-electron chi connectivity index (χ2n) is 19.7. The van der Waals surface area contributed by atoms with Crippen LogP contribution in [-0.4, -0.2) is 60.9 Å². The third kappa shape index (κ3) is 29.7. The van der Waals surface area contributed by atoms with Crippen LogP contribution in [0.5, 0.6) is 0 Å². The minimum Gasteiger partial charge on any atom is -0.465 e. The zero-order chi connectivity index (χ0) is 43.1. The molecule has 0 aliphatic heterocycles. The molecule has 0 heterocycles. The van der Waals surface area contributed by atoms with Gasteiger partial charge in [-0.15, -0.1) is 0 Å². The van der Waals surface area contributed by atoms with Gasteiger partial charge < -0.3 is 19.5 Å². The summed E-state index contributed by atoms with van der Waals surface area (Å²) in [6.07, 6.45) is 45.1. The van der Waals surface area contributed by atoms with Crippen molar-refractivity contribution in [1.82, 2.24) is 4.90 Å². The lowest BCUT2D eigenvalue weighted by molar-refractivity contribution is -0.165. The predicted molar refractivity (Wildman–Crippen MR) is 253 cm³/mol. The normalized spacial score (nSPS) is 14.4. The van der Waals surface area contributed by atoms with Crippen molar-refractivity contribution >= 4 is 11.9 Å². The van der Waals surface area contributed by atoms with E-state index in [-0.39, 0.29) is 30.1 Å². The van der Waals surface area contributed by atoms with Gasteiger partial charge in [0.15, 0.2) is 0 Å². The summed E-state index contributed by atoms with van der Waals surface area (Å²) in [5.41, 5.74) is -0.658. The summed E-state index contributed by atoms with van der Waals surface area (Å²) in [5.74, 6) is 0.121. The summed E-state index contributed by atoms with van der Waals surface area (Å²) in [4.78, 5) is 29.5. The Labute approximate surface area is 368 Å². The molecule has 0 aromatic carbocycles. The van der Waals surface area contributed by atoms with E-state index in [1.807, 2.05) is 0 Å². The molecular formula is C53H103NO5. The number of carbonyl (C=O) groups excluding carboxylic acids is 2. The molecule has 6 heteroatoms. The summed E-state index contributed by atoms with van der Waals surface area (Å²) in [7, 11) is 0. The Morgan fingerprint density at radius 1 is 0.559 bits per heavy atom. The van der Waals surface area contributed by atoms with Crippen molar-refractivity contribution in [2.45, 2.75) is 285 Å². The number of hydrogen-bond donors (Lipinski definition) is 1. The van der Waals surface area contributed by atoms with E-state index in [1.165, 1.54) is 161 Å². The number of carbonyl (C=O) groups is 2. The molecular weight excluding hydrogens is 731 g/mol. The van der Waals surface area contributed by atoms with Crippen molar-refractivity contribution in [3.63, 3.8) is 0 Å². The fourth-order valence-corrected chi connectivity index (χ4v) is 9.34. The number of aliphatic hydroxyl groups excluding tert-OH is 1. The summed E-state index contributed by atoms with van der Waals surface area (Å²) in [6.45, 7) is 15.0. The summed E-state index contributed by atoms with van der Waals surface area (Å²) in [5, 5.41) is 9.42. The molecule has 0 atom stereocenters. The highest BCUT2D eigenvalue weighted by Crippen LogP contribution is 2.42. The molecule has 1 saturated carbocycles. The Morgan fingerprint density at radius 3 is 1.53 bits per heavy atom. The first-order chi connectivity index (χ1) is 28.7. The van der Waals surface area contributed by atoms with Gasteiger partial charge in [0.2, 0.25) is 0 Å². The van der Waals surface area contributed by atoms with Gasteiger partial charge in [-0.1, -0.05) is 181 Å². The lowest BCUT2D eigenvalue weighted by atomic mass is 9.71. The van der Waals surface area contributed by atoms with Gasteiger partial charge in [0.1, 0.15) is 6.10 Å². The largest absolute Gasteiger partial charge is 0.465 e. The van der Waals surface area contributed by atoms with E-state index in [4.69, 9.17) is 9.47 Å². The average Bonchev–Trinajstić information content (AvgIpc) is 3.23. The van der Waals surface area contributed by atoms with Gasteiger partial charge in [-0.25, -0.2) is 0 Å². The van der Waals surface area contributed by atoms with Crippen LogP contribution in [0.25, 0.3) is 0 Å². The molecule has 6 nitrogen and oxygen atoms in total. The molecule has 1 aliphatic rings. The van der Waals surface area contributed by atoms with E-state index >= 15 is 0 Å². The molecule has 0 amide bonds. The van der Waals surface area contributed by atoms with E-state index in [0.717, 1.165) is 103 Å². The van der Waals surface area contributed by atoms with Gasteiger partial charge in [-0.3, -0.25) is 9.59 Å². The van der Waals surface area contributed by atoms with E-state index < -0.39 is 5.41 Å². The topological polar surface area (TPSA) is 76.1 Å². The standard InChI is InChI=1S/C53H103NO5/c1-6-9-12-15-18-25-37-48-58-50(56)52(4,5)40-29-21-23-33-44-54(46-35-36-47-55)45-34-24-22-30-41-53(42-31-26-32-43-53)51(57)59-49(38-27-19-16-13-10-7-2)39-28-20-17-14-11-8-3/h49,55H,6-48H2,1-5H3. The zero-order valence-corrected chi connectivity index (χ0v) is 40.5. The molecule has 59 heavy (non-hydrogen) atoms. The van der Waals surface area contributed by atoms with Crippen molar-refractivity contribution in [3.05, 3.63) is 0 Å². The number of rotatable bonds is 43. The van der Waals surface area contributed by atoms with E-state index in [9.17, 15) is 14.7 Å². The second-order valence-corrected chi connectivity index (χ2v) is 19.7. The van der Waals surface area contributed by atoms with E-state index in [1.54, 1.807) is 0 Å². The summed E-state index contributed by atoms with van der Waals surface area (Å²) < 4.78 is 12.2. The maximum absolute atomic E-state index is 14.1. The number of hydrogen-bond acceptors (Lipinski definition) is 6. The predicted octanol–water partition coefficient (Wildman–Crippen LogP) is 15.6. The smallest absolute Gasteiger partial charge is 0.312 e. The Kier molecular flexibility index (Phi) is 36.5. The molecule has 1 rings (SSSR count). The third-order valence-corrected chi connectivity index (χ3v) is 13.6. The van der Waals surface area contributed by atoms with Gasteiger partial charge in [0, 0.05) is 6.61 Å². The molecule has 350 valence electrons. The summed E-state index contributed by atoms with van der Waals surface area (Å²) in [6, 6.07) is 0. The molecule has 0 radical (unpaired) electrons. The number of aliphatic hydroxyl groups is 1. The first-order valence-electron chi connectivity index (χ1n) is 26.5. The van der Waals surface area contributed by atoms with Crippen LogP contribution in [0.4, 0.5) is 0 Å². The van der Waals surface area contributed by atoms with Crippen LogP contribution in [0.15, 0.2) is 0 Å². The van der Waals surface area contributed by atoms with Crippen LogP contribution in [0.2, 0.25) is 0 Å². The Hall–Kier alpha value is -1.14. The highest BCUT2D eigenvalue weighted by molar-refractivity contribution is 5.77. The van der Waals surface area contributed by atoms with Gasteiger partial charge in [0.25, 0.3) is 0 Å². The number of nitrogens with zero attached hydrogens (tertiary/aromatic N) is 1. The van der Waals surface area contributed by atoms with Crippen LogP contribution in [0.1, 0.15) is 279 Å². The molecule has 0 unspecified atom stereocenters. The zero-order valence-electron chi connectivity index (χ0n) is 40.5. The monoisotopic (exact) mass is 834 g/mol. The maximum Gasteiger partial charge on any atom is 0.312 e. The first kappa shape index (κ1) is 55.9. The first-order valence-corrected chi connectivity index (χ1v) is 26.5. The minimum absolute atomic E-state index is 0.0290. The average molecular weight is 834 g/mol. The molecule has 0 saturated heterocycles. The Balaban J connectivity index is 2.47. The van der Waals surface area contributed by atoms with Crippen molar-refractivity contribution < 1.29 is 24.2 Å². The minimum atomic E-state index is -0.405. The van der Waals surface area contributed by atoms with Crippen molar-refractivity contribution in [2.75, 3.05) is 32.8 Å². The summed E-state index contributed by atoms with van der Waals surface area (Å²) >= 11 is 0. The SMILES string of the molecule is CCCCCCCCCOC(=O)C(C)(C)CCCCCCN(CCCCO)CCCCCCC1(C(=O)OC(CCCCCCCC)CCCCCCCC)CCCCC1. The lowest BCUT2D eigenvalue weighted by Crippen LogP contribution is -2.37. The van der Waals surface area contributed by atoms with Gasteiger partial charge in [-0.2, -0.15) is 0 Å². The quantitative estimate of drug-likeness (QED) is 0.0487. The number of esters is 2. The fraction of sp³-hybridized carbons (Fsp3) is 0.962. The Bertz CT molecular complexity index is 930. The van der Waals surface area contributed by atoms with Crippen LogP contribution in [0.3, 0.4) is 0 Å². The molecule has 0 aromatic rings. The van der Waals surface area contributed by atoms with Crippen molar-refractivity contribution in [1.29, 1.82) is 0 Å². The second kappa shape index (κ2) is 38.5. The maximum atomic E-state index is 14.1. The molecule has 0 bridgehead atoms. The van der Waals surface area contributed by atoms with Crippen LogP contribution in [0, 0.1) is 10.8 Å². The Morgan fingerprint density at radius 2 is 1.00 bits per heavy atom. The molecule has 1 aliphatic carbocycles. The van der Waals surface area contributed by atoms with Gasteiger partial charge in [0.05, 0.1) is 17.4 Å². The lowest BCUT2D eigenvalue weighted by Gasteiger charge is -2.36. The van der Waals surface area contributed by atoms with Gasteiger partial charge in [-0.05, 0) is 117 Å². The van der Waals surface area contributed by atoms with Gasteiger partial charge >= 0.3 is 11.9 Å². The fourth-order valence-electron chi connectivity index (χ4n) is 9.34. The highest BCUT2D eigenvalue weighted by Gasteiger charge is 2.41. The molecule has 1 N–H and O–H groups in total. The van der Waals surface area contributed by atoms with Crippen LogP contribution in [-0.2, 0) is 19.1 Å².